The second-order valence-corrected chi connectivity index (χ2v) is 5.02. The minimum Gasteiger partial charge on any atom is -0.166 e. The van der Waals surface area contributed by atoms with Crippen LogP contribution in [-0.2, 0) is 6.18 Å². The molecule has 0 unspecified atom stereocenters. The molecule has 0 aromatic heterocycles. The fourth-order valence-electron chi connectivity index (χ4n) is 1.44. The summed E-state index contributed by atoms with van der Waals surface area (Å²) in [7, 11) is 0. The molecule has 4 heteroatoms. The van der Waals surface area contributed by atoms with Crippen LogP contribution in [0.2, 0.25) is 5.02 Å². The van der Waals surface area contributed by atoms with Crippen LogP contribution in [0.4, 0.5) is 13.2 Å². The van der Waals surface area contributed by atoms with E-state index in [1.54, 1.807) is 6.92 Å². The summed E-state index contributed by atoms with van der Waals surface area (Å²) in [5.41, 5.74) is 2.59. The highest BCUT2D eigenvalue weighted by atomic mass is 35.5. The first kappa shape index (κ1) is 24.8. The van der Waals surface area contributed by atoms with E-state index in [1.807, 2.05) is 53.7 Å². The standard InChI is InChI=1S/C8H9Cl.C8H7F3.2C2H6/c1-6-3-4-7(2)8(9)5-6;1-6-2-4-7(5-3-6)8(9,10)11;2*1-2/h3-5H,1-2H3;2-5H,1H3;2*1-2H3. The molecule has 0 atom stereocenters. The van der Waals surface area contributed by atoms with Crippen molar-refractivity contribution in [1.82, 2.24) is 0 Å². The van der Waals surface area contributed by atoms with Crippen LogP contribution in [0.25, 0.3) is 0 Å². The van der Waals surface area contributed by atoms with E-state index in [0.29, 0.717) is 0 Å². The second-order valence-electron chi connectivity index (χ2n) is 4.62. The lowest BCUT2D eigenvalue weighted by Crippen LogP contribution is -2.03. The molecule has 2 aromatic carbocycles. The van der Waals surface area contributed by atoms with E-state index in [9.17, 15) is 13.2 Å². The maximum absolute atomic E-state index is 11.9. The van der Waals surface area contributed by atoms with Crippen LogP contribution in [-0.4, -0.2) is 0 Å². The number of alkyl halides is 3. The van der Waals surface area contributed by atoms with Gasteiger partial charge in [0.05, 0.1) is 5.56 Å². The zero-order valence-corrected chi connectivity index (χ0v) is 16.3. The van der Waals surface area contributed by atoms with E-state index >= 15 is 0 Å². The molecule has 2 rings (SSSR count). The lowest BCUT2D eigenvalue weighted by atomic mass is 10.1. The molecule has 0 aliphatic rings. The van der Waals surface area contributed by atoms with Gasteiger partial charge in [0.2, 0.25) is 0 Å². The quantitative estimate of drug-likeness (QED) is 0.446. The Morgan fingerprint density at radius 2 is 1.12 bits per heavy atom. The van der Waals surface area contributed by atoms with Crippen LogP contribution < -0.4 is 0 Å². The first-order valence-electron chi connectivity index (χ1n) is 8.07. The number of halogens is 4. The number of hydrogen-bond donors (Lipinski definition) is 0. The van der Waals surface area contributed by atoms with E-state index in [2.05, 4.69) is 6.07 Å². The fraction of sp³-hybridized carbons (Fsp3) is 0.400. The average molecular weight is 361 g/mol. The second kappa shape index (κ2) is 12.9. The Balaban J connectivity index is 0. The van der Waals surface area contributed by atoms with E-state index in [-0.39, 0.29) is 0 Å². The van der Waals surface area contributed by atoms with Crippen LogP contribution in [0.15, 0.2) is 42.5 Å². The van der Waals surface area contributed by atoms with Gasteiger partial charge in [0.15, 0.2) is 0 Å². The highest BCUT2D eigenvalue weighted by Crippen LogP contribution is 2.28. The Bertz CT molecular complexity index is 558. The summed E-state index contributed by atoms with van der Waals surface area (Å²) in [6, 6.07) is 11.1. The molecular weight excluding hydrogens is 333 g/mol. The summed E-state index contributed by atoms with van der Waals surface area (Å²) in [6.45, 7) is 13.8. The molecular formula is C20H28ClF3. The molecule has 0 N–H and O–H groups in total. The summed E-state index contributed by atoms with van der Waals surface area (Å²) in [6.07, 6.45) is -4.21. The first-order valence-corrected chi connectivity index (χ1v) is 8.44. The Kier molecular flexibility index (Phi) is 13.3. The van der Waals surface area contributed by atoms with Gasteiger partial charge in [-0.05, 0) is 50.1 Å². The molecule has 0 heterocycles. The number of aryl methyl sites for hydroxylation is 3. The topological polar surface area (TPSA) is 0 Å². The van der Waals surface area contributed by atoms with Crippen molar-refractivity contribution in [1.29, 1.82) is 0 Å². The Hall–Kier alpha value is -1.48. The van der Waals surface area contributed by atoms with Crippen LogP contribution in [0.5, 0.6) is 0 Å². The van der Waals surface area contributed by atoms with Crippen LogP contribution in [0, 0.1) is 20.8 Å². The Morgan fingerprint density at radius 1 is 0.708 bits per heavy atom. The largest absolute Gasteiger partial charge is 0.416 e. The van der Waals surface area contributed by atoms with E-state index in [0.717, 1.165) is 28.3 Å². The number of benzene rings is 2. The first-order chi connectivity index (χ1) is 11.2. The van der Waals surface area contributed by atoms with Gasteiger partial charge in [-0.2, -0.15) is 13.2 Å². The summed E-state index contributed by atoms with van der Waals surface area (Å²) < 4.78 is 35.8. The molecule has 0 spiro atoms. The number of hydrogen-bond acceptors (Lipinski definition) is 0. The minimum absolute atomic E-state index is 0.594. The van der Waals surface area contributed by atoms with E-state index in [4.69, 9.17) is 11.6 Å². The third-order valence-corrected chi connectivity index (χ3v) is 3.11. The maximum Gasteiger partial charge on any atom is 0.416 e. The van der Waals surface area contributed by atoms with Gasteiger partial charge < -0.3 is 0 Å². The zero-order valence-electron chi connectivity index (χ0n) is 15.6. The highest BCUT2D eigenvalue weighted by molar-refractivity contribution is 6.31. The molecule has 136 valence electrons. The van der Waals surface area contributed by atoms with Crippen molar-refractivity contribution < 1.29 is 13.2 Å². The monoisotopic (exact) mass is 360 g/mol. The van der Waals surface area contributed by atoms with Gasteiger partial charge in [-0.25, -0.2) is 0 Å². The van der Waals surface area contributed by atoms with Gasteiger partial charge in [-0.3, -0.25) is 0 Å². The smallest absolute Gasteiger partial charge is 0.166 e. The predicted molar refractivity (Wildman–Crippen MR) is 99.8 cm³/mol. The zero-order chi connectivity index (χ0) is 19.3. The third-order valence-electron chi connectivity index (χ3n) is 2.71. The summed E-state index contributed by atoms with van der Waals surface area (Å²) in [5, 5.41) is 0.856. The predicted octanol–water partition coefficient (Wildman–Crippen LogP) is 8.02. The van der Waals surface area contributed by atoms with Crippen molar-refractivity contribution in [3.63, 3.8) is 0 Å². The summed E-state index contributed by atoms with van der Waals surface area (Å²) in [5.74, 6) is 0. The van der Waals surface area contributed by atoms with Gasteiger partial charge in [-0.15, -0.1) is 0 Å². The van der Waals surface area contributed by atoms with Gasteiger partial charge in [0, 0.05) is 5.02 Å². The lowest BCUT2D eigenvalue weighted by Gasteiger charge is -2.05. The maximum atomic E-state index is 11.9. The molecule has 0 saturated heterocycles. The molecule has 0 radical (unpaired) electrons. The molecule has 0 fully saturated rings. The molecule has 0 amide bonds. The van der Waals surface area contributed by atoms with Crippen molar-refractivity contribution >= 4 is 11.6 Å². The Morgan fingerprint density at radius 3 is 1.46 bits per heavy atom. The minimum atomic E-state index is -4.21. The van der Waals surface area contributed by atoms with Crippen LogP contribution in [0.3, 0.4) is 0 Å². The van der Waals surface area contributed by atoms with Crippen molar-refractivity contribution in [2.45, 2.75) is 54.6 Å². The van der Waals surface area contributed by atoms with Crippen molar-refractivity contribution in [3.05, 3.63) is 69.7 Å². The van der Waals surface area contributed by atoms with Gasteiger partial charge in [0.25, 0.3) is 0 Å². The summed E-state index contributed by atoms with van der Waals surface area (Å²) in [4.78, 5) is 0. The molecule has 0 aliphatic carbocycles. The Labute approximate surface area is 149 Å². The van der Waals surface area contributed by atoms with Crippen LogP contribution >= 0.6 is 11.6 Å². The van der Waals surface area contributed by atoms with Crippen LogP contribution in [0.1, 0.15) is 49.9 Å². The van der Waals surface area contributed by atoms with E-state index < -0.39 is 11.7 Å². The molecule has 0 bridgehead atoms. The van der Waals surface area contributed by atoms with Crippen molar-refractivity contribution in [3.8, 4) is 0 Å². The third kappa shape index (κ3) is 10.3. The average Bonchev–Trinajstić information content (AvgIpc) is 2.55. The molecule has 0 saturated carbocycles. The van der Waals surface area contributed by atoms with E-state index in [1.165, 1.54) is 17.7 Å². The summed E-state index contributed by atoms with van der Waals surface area (Å²) >= 11 is 5.81. The molecule has 24 heavy (non-hydrogen) atoms. The number of rotatable bonds is 0. The normalized spacial score (nSPS) is 9.46. The highest BCUT2D eigenvalue weighted by Gasteiger charge is 2.29. The fourth-order valence-corrected chi connectivity index (χ4v) is 1.68. The lowest BCUT2D eigenvalue weighted by molar-refractivity contribution is -0.137. The molecule has 0 nitrogen and oxygen atoms in total. The molecule has 0 aliphatic heterocycles. The SMILES string of the molecule is CC.CC.Cc1ccc(C(F)(F)F)cc1.Cc1ccc(C)c(Cl)c1. The van der Waals surface area contributed by atoms with Crippen molar-refractivity contribution in [2.24, 2.45) is 0 Å². The van der Waals surface area contributed by atoms with Crippen molar-refractivity contribution in [2.75, 3.05) is 0 Å². The van der Waals surface area contributed by atoms with Gasteiger partial charge in [0.1, 0.15) is 0 Å². The molecule has 2 aromatic rings. The van der Waals surface area contributed by atoms with Gasteiger partial charge >= 0.3 is 6.18 Å². The van der Waals surface area contributed by atoms with Gasteiger partial charge in [-0.1, -0.05) is 69.1 Å².